The molecule has 3 nitrogen and oxygen atoms in total. The minimum atomic E-state index is -5.10. The van der Waals surface area contributed by atoms with Gasteiger partial charge in [0.1, 0.15) is 11.4 Å². The van der Waals surface area contributed by atoms with Gasteiger partial charge < -0.3 is 0 Å². The Bertz CT molecular complexity index is 1280. The summed E-state index contributed by atoms with van der Waals surface area (Å²) in [7, 11) is 0. The van der Waals surface area contributed by atoms with Gasteiger partial charge in [-0.25, -0.2) is 9.67 Å². The van der Waals surface area contributed by atoms with Crippen molar-refractivity contribution in [2.45, 2.75) is 12.4 Å². The van der Waals surface area contributed by atoms with Crippen LogP contribution in [-0.2, 0) is 12.4 Å². The fraction of sp³-hybridized carbons (Fsp3) is 0.100. The molecular weight excluding hydrogens is 467 g/mol. The molecule has 4 aromatic rings. The van der Waals surface area contributed by atoms with E-state index in [1.807, 2.05) is 0 Å². The van der Waals surface area contributed by atoms with Crippen molar-refractivity contribution < 1.29 is 26.3 Å². The van der Waals surface area contributed by atoms with E-state index < -0.39 is 34.6 Å². The van der Waals surface area contributed by atoms with E-state index in [1.54, 1.807) is 0 Å². The van der Waals surface area contributed by atoms with Crippen LogP contribution < -0.4 is 0 Å². The van der Waals surface area contributed by atoms with Crippen LogP contribution in [0.15, 0.2) is 54.6 Å². The van der Waals surface area contributed by atoms with Gasteiger partial charge in [0.05, 0.1) is 16.6 Å². The van der Waals surface area contributed by atoms with Gasteiger partial charge in [-0.3, -0.25) is 0 Å². The summed E-state index contributed by atoms with van der Waals surface area (Å²) in [6.45, 7) is 0. The molecule has 4 rings (SSSR count). The van der Waals surface area contributed by atoms with Crippen molar-refractivity contribution in [3.8, 4) is 16.9 Å². The molecule has 0 aliphatic heterocycles. The topological polar surface area (TPSA) is 30.7 Å². The van der Waals surface area contributed by atoms with Crippen molar-refractivity contribution >= 4 is 34.2 Å². The smallest absolute Gasteiger partial charge is 0.223 e. The lowest BCUT2D eigenvalue weighted by Crippen LogP contribution is -2.14. The normalized spacial score (nSPS) is 12.5. The van der Waals surface area contributed by atoms with Crippen LogP contribution >= 0.6 is 23.2 Å². The number of fused-ring (bicyclic) bond motifs is 1. The number of pyridine rings is 1. The number of rotatable bonds is 2. The lowest BCUT2D eigenvalue weighted by atomic mass is 10.0. The molecule has 0 spiro atoms. The molecule has 0 bridgehead atoms. The van der Waals surface area contributed by atoms with Gasteiger partial charge in [0.2, 0.25) is 0 Å². The van der Waals surface area contributed by atoms with Crippen molar-refractivity contribution in [3.05, 3.63) is 75.9 Å². The predicted octanol–water partition coefficient (Wildman–Crippen LogP) is 7.43. The maximum absolute atomic E-state index is 13.8. The third-order valence-corrected chi connectivity index (χ3v) is 4.89. The lowest BCUT2D eigenvalue weighted by Gasteiger charge is -2.13. The number of alkyl halides is 6. The number of benzene rings is 2. The largest absolute Gasteiger partial charge is 0.433 e. The Morgan fingerprint density at radius 1 is 0.774 bits per heavy atom. The van der Waals surface area contributed by atoms with Crippen LogP contribution in [-0.4, -0.2) is 14.8 Å². The second-order valence-corrected chi connectivity index (χ2v) is 7.37. The van der Waals surface area contributed by atoms with Crippen molar-refractivity contribution in [2.75, 3.05) is 0 Å². The first-order valence-corrected chi connectivity index (χ1v) is 9.31. The van der Waals surface area contributed by atoms with Crippen molar-refractivity contribution in [2.24, 2.45) is 0 Å². The summed E-state index contributed by atoms with van der Waals surface area (Å²) >= 11 is 11.8. The Labute approximate surface area is 180 Å². The SMILES string of the molecule is FC(F)(F)c1cc(C(F)(F)F)c2c(-c3ccc(Cl)cc3)nn(-c3cccc(Cl)c3)c2n1. The molecule has 0 N–H and O–H groups in total. The summed E-state index contributed by atoms with van der Waals surface area (Å²) in [6, 6.07) is 11.5. The van der Waals surface area contributed by atoms with E-state index in [0.717, 1.165) is 4.68 Å². The zero-order chi connectivity index (χ0) is 22.6. The zero-order valence-electron chi connectivity index (χ0n) is 15.1. The average Bonchev–Trinajstić information content (AvgIpc) is 3.06. The molecule has 0 saturated carbocycles. The first-order valence-electron chi connectivity index (χ1n) is 8.55. The minimum Gasteiger partial charge on any atom is -0.223 e. The van der Waals surface area contributed by atoms with Crippen LogP contribution in [0.3, 0.4) is 0 Å². The predicted molar refractivity (Wildman–Crippen MR) is 104 cm³/mol. The van der Waals surface area contributed by atoms with Gasteiger partial charge in [-0.2, -0.15) is 31.4 Å². The molecule has 160 valence electrons. The molecule has 2 aromatic heterocycles. The van der Waals surface area contributed by atoms with Crippen molar-refractivity contribution in [3.63, 3.8) is 0 Å². The Balaban J connectivity index is 2.16. The number of halogens is 8. The van der Waals surface area contributed by atoms with E-state index in [2.05, 4.69) is 10.1 Å². The average molecular weight is 476 g/mol. The Kier molecular flexibility index (Phi) is 5.13. The van der Waals surface area contributed by atoms with Crippen LogP contribution in [0.4, 0.5) is 26.3 Å². The van der Waals surface area contributed by atoms with Gasteiger partial charge in [-0.15, -0.1) is 0 Å². The fourth-order valence-corrected chi connectivity index (χ4v) is 3.39. The van der Waals surface area contributed by atoms with Crippen LogP contribution in [0.25, 0.3) is 28.0 Å². The minimum absolute atomic E-state index is 0.00819. The van der Waals surface area contributed by atoms with Crippen molar-refractivity contribution in [1.82, 2.24) is 14.8 Å². The fourth-order valence-electron chi connectivity index (χ4n) is 3.08. The summed E-state index contributed by atoms with van der Waals surface area (Å²) < 4.78 is 82.5. The number of nitrogens with zero attached hydrogens (tertiary/aromatic N) is 3. The first-order chi connectivity index (χ1) is 14.4. The first kappa shape index (κ1) is 21.5. The van der Waals surface area contributed by atoms with E-state index in [9.17, 15) is 26.3 Å². The number of aromatic nitrogens is 3. The van der Waals surface area contributed by atoms with Gasteiger partial charge in [-0.1, -0.05) is 41.4 Å². The molecule has 0 aliphatic rings. The quantitative estimate of drug-likeness (QED) is 0.282. The Hall–Kier alpha value is -2.78. The second-order valence-electron chi connectivity index (χ2n) is 6.50. The maximum atomic E-state index is 13.8. The molecule has 2 heterocycles. The van der Waals surface area contributed by atoms with Crippen LogP contribution in [0.1, 0.15) is 11.3 Å². The van der Waals surface area contributed by atoms with Gasteiger partial charge in [0.15, 0.2) is 5.65 Å². The maximum Gasteiger partial charge on any atom is 0.433 e. The molecule has 11 heteroatoms. The van der Waals surface area contributed by atoms with Crippen LogP contribution in [0.5, 0.6) is 0 Å². The molecule has 0 radical (unpaired) electrons. The van der Waals surface area contributed by atoms with Crippen molar-refractivity contribution in [1.29, 1.82) is 0 Å². The monoisotopic (exact) mass is 475 g/mol. The van der Waals surface area contributed by atoms with E-state index >= 15 is 0 Å². The molecule has 0 unspecified atom stereocenters. The molecule has 0 amide bonds. The third-order valence-electron chi connectivity index (χ3n) is 4.40. The summed E-state index contributed by atoms with van der Waals surface area (Å²) in [6.07, 6.45) is -10.2. The third kappa shape index (κ3) is 4.07. The summed E-state index contributed by atoms with van der Waals surface area (Å²) in [5.74, 6) is 0. The number of hydrogen-bond acceptors (Lipinski definition) is 2. The Morgan fingerprint density at radius 2 is 1.45 bits per heavy atom. The molecule has 2 aromatic carbocycles. The summed E-state index contributed by atoms with van der Waals surface area (Å²) in [5.41, 5.74) is -3.60. The van der Waals surface area contributed by atoms with E-state index in [0.29, 0.717) is 5.02 Å². The molecule has 0 aliphatic carbocycles. The van der Waals surface area contributed by atoms with Gasteiger partial charge >= 0.3 is 12.4 Å². The highest BCUT2D eigenvalue weighted by Crippen LogP contribution is 2.42. The lowest BCUT2D eigenvalue weighted by molar-refractivity contribution is -0.144. The van der Waals surface area contributed by atoms with Gasteiger partial charge in [0, 0.05) is 15.6 Å². The Morgan fingerprint density at radius 3 is 2.03 bits per heavy atom. The highest BCUT2D eigenvalue weighted by molar-refractivity contribution is 6.31. The highest BCUT2D eigenvalue weighted by Gasteiger charge is 2.41. The molecule has 0 saturated heterocycles. The van der Waals surface area contributed by atoms with Crippen LogP contribution in [0, 0.1) is 0 Å². The second kappa shape index (κ2) is 7.42. The summed E-state index contributed by atoms with van der Waals surface area (Å²) in [4.78, 5) is 3.50. The molecule has 0 atom stereocenters. The van der Waals surface area contributed by atoms with E-state index in [-0.39, 0.29) is 28.0 Å². The molecule has 0 fully saturated rings. The molecule has 31 heavy (non-hydrogen) atoms. The van der Waals surface area contributed by atoms with Gasteiger partial charge in [-0.05, 0) is 36.4 Å². The highest BCUT2D eigenvalue weighted by atomic mass is 35.5. The molecular formula is C20H9Cl2F6N3. The van der Waals surface area contributed by atoms with Gasteiger partial charge in [0.25, 0.3) is 0 Å². The van der Waals surface area contributed by atoms with Crippen LogP contribution in [0.2, 0.25) is 10.0 Å². The zero-order valence-corrected chi connectivity index (χ0v) is 16.6. The number of hydrogen-bond donors (Lipinski definition) is 0. The summed E-state index contributed by atoms with van der Waals surface area (Å²) in [5, 5.41) is 4.17. The standard InChI is InChI=1S/C20H9Cl2F6N3/c21-11-6-4-10(5-7-11)17-16-14(19(23,24)25)9-15(20(26,27)28)29-18(16)31(30-17)13-3-1-2-12(22)8-13/h1-9H. The van der Waals surface area contributed by atoms with E-state index in [1.165, 1.54) is 48.5 Å². The van der Waals surface area contributed by atoms with E-state index in [4.69, 9.17) is 23.2 Å².